The van der Waals surface area contributed by atoms with Crippen molar-refractivity contribution in [3.63, 3.8) is 0 Å². The van der Waals surface area contributed by atoms with E-state index >= 15 is 0 Å². The zero-order valence-corrected chi connectivity index (χ0v) is 13.6. The molecule has 0 radical (unpaired) electrons. The second-order valence-electron chi connectivity index (χ2n) is 5.62. The maximum atomic E-state index is 12.2. The van der Waals surface area contributed by atoms with Crippen LogP contribution in [0.5, 0.6) is 0 Å². The number of hydrogen-bond acceptors (Lipinski definition) is 2. The van der Waals surface area contributed by atoms with Crippen LogP contribution in [0.4, 0.5) is 10.5 Å². The van der Waals surface area contributed by atoms with Crippen LogP contribution in [-0.4, -0.2) is 18.2 Å². The monoisotopic (exact) mass is 345 g/mol. The predicted octanol–water partition coefficient (Wildman–Crippen LogP) is 4.79. The number of ether oxygens (including phenoxy) is 1. The van der Waals surface area contributed by atoms with E-state index in [0.717, 1.165) is 28.6 Å². The fourth-order valence-electron chi connectivity index (χ4n) is 2.12. The molecule has 1 aliphatic heterocycles. The van der Waals surface area contributed by atoms with Crippen molar-refractivity contribution in [1.82, 2.24) is 0 Å². The van der Waals surface area contributed by atoms with E-state index in [2.05, 4.69) is 15.9 Å². The van der Waals surface area contributed by atoms with Crippen LogP contribution in [0.15, 0.2) is 16.6 Å². The summed E-state index contributed by atoms with van der Waals surface area (Å²) in [6.07, 6.45) is 1.54. The van der Waals surface area contributed by atoms with Crippen LogP contribution in [0.2, 0.25) is 5.02 Å². The number of carbonyl (C=O) groups is 1. The average molecular weight is 347 g/mol. The van der Waals surface area contributed by atoms with Crippen molar-refractivity contribution in [2.24, 2.45) is 0 Å². The molecule has 0 fully saturated rings. The van der Waals surface area contributed by atoms with Crippen LogP contribution in [0.3, 0.4) is 0 Å². The molecule has 0 atom stereocenters. The number of fused-ring (bicyclic) bond motifs is 1. The van der Waals surface area contributed by atoms with Crippen LogP contribution in [0.1, 0.15) is 32.8 Å². The Hall–Kier alpha value is -0.740. The zero-order valence-electron chi connectivity index (χ0n) is 11.3. The van der Waals surface area contributed by atoms with Crippen molar-refractivity contribution >= 4 is 39.3 Å². The van der Waals surface area contributed by atoms with E-state index in [9.17, 15) is 4.79 Å². The summed E-state index contributed by atoms with van der Waals surface area (Å²) in [5.41, 5.74) is 1.46. The van der Waals surface area contributed by atoms with Crippen LogP contribution in [-0.2, 0) is 11.2 Å². The van der Waals surface area contributed by atoms with Gasteiger partial charge in [0.25, 0.3) is 0 Å². The molecular formula is C14H17BrClNO2. The summed E-state index contributed by atoms with van der Waals surface area (Å²) in [5, 5.41) is 0.612. The molecular weight excluding hydrogens is 330 g/mol. The number of benzene rings is 1. The number of halogens is 2. The molecule has 1 heterocycles. The van der Waals surface area contributed by atoms with Gasteiger partial charge in [-0.2, -0.15) is 0 Å². The van der Waals surface area contributed by atoms with Gasteiger partial charge >= 0.3 is 6.09 Å². The van der Waals surface area contributed by atoms with Gasteiger partial charge in [-0.15, -0.1) is 0 Å². The zero-order chi connectivity index (χ0) is 14.2. The van der Waals surface area contributed by atoms with E-state index in [0.29, 0.717) is 11.6 Å². The van der Waals surface area contributed by atoms with Crippen LogP contribution in [0.25, 0.3) is 0 Å². The van der Waals surface area contributed by atoms with Gasteiger partial charge in [-0.1, -0.05) is 27.5 Å². The lowest BCUT2D eigenvalue weighted by molar-refractivity contribution is 0.0578. The van der Waals surface area contributed by atoms with E-state index in [-0.39, 0.29) is 6.09 Å². The number of amides is 1. The minimum Gasteiger partial charge on any atom is -0.443 e. The fraction of sp³-hybridized carbons (Fsp3) is 0.500. The molecule has 0 bridgehead atoms. The molecule has 1 aromatic carbocycles. The molecule has 104 valence electrons. The third-order valence-corrected chi connectivity index (χ3v) is 3.78. The summed E-state index contributed by atoms with van der Waals surface area (Å²) in [5.74, 6) is 0. The average Bonchev–Trinajstić information content (AvgIpc) is 2.25. The number of anilines is 1. The summed E-state index contributed by atoms with van der Waals surface area (Å²) in [6, 6.07) is 3.68. The van der Waals surface area contributed by atoms with Crippen LogP contribution < -0.4 is 4.90 Å². The van der Waals surface area contributed by atoms with Gasteiger partial charge in [0.2, 0.25) is 0 Å². The number of hydrogen-bond donors (Lipinski definition) is 0. The lowest BCUT2D eigenvalue weighted by Crippen LogP contribution is -2.39. The maximum absolute atomic E-state index is 12.2. The Morgan fingerprint density at radius 2 is 2.11 bits per heavy atom. The summed E-state index contributed by atoms with van der Waals surface area (Å²) in [6.45, 7) is 6.26. The minimum absolute atomic E-state index is 0.317. The summed E-state index contributed by atoms with van der Waals surface area (Å²) < 4.78 is 6.39. The van der Waals surface area contributed by atoms with Crippen molar-refractivity contribution in [2.45, 2.75) is 39.2 Å². The standard InChI is InChI=1S/C14H17BrClNO2/c1-14(2,3)19-13(18)17-6-4-5-10-11(15)7-9(16)8-12(10)17/h7-8H,4-6H2,1-3H3. The Bertz CT molecular complexity index is 511. The van der Waals surface area contributed by atoms with Gasteiger partial charge in [0.1, 0.15) is 5.60 Å². The normalized spacial score (nSPS) is 15.1. The Morgan fingerprint density at radius 3 is 2.74 bits per heavy atom. The molecule has 0 spiro atoms. The Labute approximate surface area is 127 Å². The second kappa shape index (κ2) is 5.33. The molecule has 2 rings (SSSR count). The molecule has 0 unspecified atom stereocenters. The molecule has 1 aliphatic rings. The highest BCUT2D eigenvalue weighted by Crippen LogP contribution is 2.36. The van der Waals surface area contributed by atoms with Crippen molar-refractivity contribution in [1.29, 1.82) is 0 Å². The van der Waals surface area contributed by atoms with E-state index in [1.165, 1.54) is 0 Å². The van der Waals surface area contributed by atoms with Gasteiger partial charge < -0.3 is 4.74 Å². The first-order valence-corrected chi connectivity index (χ1v) is 7.43. The summed E-state index contributed by atoms with van der Waals surface area (Å²) in [4.78, 5) is 13.9. The molecule has 1 aromatic rings. The smallest absolute Gasteiger partial charge is 0.414 e. The van der Waals surface area contributed by atoms with Gasteiger partial charge in [0.15, 0.2) is 0 Å². The topological polar surface area (TPSA) is 29.5 Å². The number of rotatable bonds is 0. The van der Waals surface area contributed by atoms with E-state index in [1.807, 2.05) is 32.9 Å². The Morgan fingerprint density at radius 1 is 1.42 bits per heavy atom. The molecule has 0 N–H and O–H groups in total. The SMILES string of the molecule is CC(C)(C)OC(=O)N1CCCc2c(Br)cc(Cl)cc21. The summed E-state index contributed by atoms with van der Waals surface area (Å²) >= 11 is 9.58. The van der Waals surface area contributed by atoms with E-state index < -0.39 is 5.60 Å². The van der Waals surface area contributed by atoms with Gasteiger partial charge in [-0.05, 0) is 51.3 Å². The van der Waals surface area contributed by atoms with Crippen molar-refractivity contribution in [3.05, 3.63) is 27.2 Å². The molecule has 0 saturated carbocycles. The molecule has 3 nitrogen and oxygen atoms in total. The first-order valence-electron chi connectivity index (χ1n) is 6.26. The van der Waals surface area contributed by atoms with E-state index in [4.69, 9.17) is 16.3 Å². The highest BCUT2D eigenvalue weighted by Gasteiger charge is 2.28. The lowest BCUT2D eigenvalue weighted by atomic mass is 10.0. The minimum atomic E-state index is -0.496. The molecule has 1 amide bonds. The predicted molar refractivity (Wildman–Crippen MR) is 81.1 cm³/mol. The van der Waals surface area contributed by atoms with E-state index in [1.54, 1.807) is 4.90 Å². The van der Waals surface area contributed by atoms with Crippen molar-refractivity contribution in [2.75, 3.05) is 11.4 Å². The number of nitrogens with zero attached hydrogens (tertiary/aromatic N) is 1. The quantitative estimate of drug-likeness (QED) is 0.676. The first kappa shape index (κ1) is 14.7. The highest BCUT2D eigenvalue weighted by atomic mass is 79.9. The van der Waals surface area contributed by atoms with Gasteiger partial charge in [-0.3, -0.25) is 4.90 Å². The van der Waals surface area contributed by atoms with Gasteiger partial charge in [-0.25, -0.2) is 4.79 Å². The van der Waals surface area contributed by atoms with Crippen molar-refractivity contribution in [3.8, 4) is 0 Å². The summed E-state index contributed by atoms with van der Waals surface area (Å²) in [7, 11) is 0. The number of carbonyl (C=O) groups excluding carboxylic acids is 1. The third kappa shape index (κ3) is 3.42. The fourth-order valence-corrected chi connectivity index (χ4v) is 3.11. The molecule has 0 aromatic heterocycles. The van der Waals surface area contributed by atoms with Gasteiger partial charge in [0.05, 0.1) is 5.69 Å². The van der Waals surface area contributed by atoms with Crippen LogP contribution >= 0.6 is 27.5 Å². The van der Waals surface area contributed by atoms with Crippen molar-refractivity contribution < 1.29 is 9.53 Å². The molecule has 19 heavy (non-hydrogen) atoms. The van der Waals surface area contributed by atoms with Gasteiger partial charge in [0, 0.05) is 16.0 Å². The maximum Gasteiger partial charge on any atom is 0.414 e. The van der Waals surface area contributed by atoms with Crippen LogP contribution in [0, 0.1) is 0 Å². The Balaban J connectivity index is 2.34. The highest BCUT2D eigenvalue weighted by molar-refractivity contribution is 9.10. The molecule has 5 heteroatoms. The Kier molecular flexibility index (Phi) is 4.11. The third-order valence-electron chi connectivity index (χ3n) is 2.85. The largest absolute Gasteiger partial charge is 0.443 e. The first-order chi connectivity index (χ1) is 8.78. The molecule has 0 aliphatic carbocycles. The lowest BCUT2D eigenvalue weighted by Gasteiger charge is -2.32. The molecule has 0 saturated heterocycles. The second-order valence-corrected chi connectivity index (χ2v) is 6.91.